The summed E-state index contributed by atoms with van der Waals surface area (Å²) in [4.78, 5) is 33.2. The van der Waals surface area contributed by atoms with Crippen LogP contribution in [0.25, 0.3) is 0 Å². The van der Waals surface area contributed by atoms with E-state index in [1.54, 1.807) is 0 Å². The maximum Gasteiger partial charge on any atom is 0.524 e. The molecule has 7 heteroatoms. The average Bonchev–Trinajstić information content (AvgIpc) is 2.26. The van der Waals surface area contributed by atoms with Crippen LogP contribution < -0.4 is 10.9 Å². The molecule has 0 bridgehead atoms. The Hall–Kier alpha value is -1.47. The number of carbonyl (C=O) groups is 3. The molecule has 76 valence electrons. The number of carbonyl (C=O) groups excluding carboxylic acids is 3. The highest BCUT2D eigenvalue weighted by atomic mass is 16.8. The summed E-state index contributed by atoms with van der Waals surface area (Å²) in [5.74, 6) is -2.17. The van der Waals surface area contributed by atoms with Gasteiger partial charge in [0, 0.05) is 6.54 Å². The summed E-state index contributed by atoms with van der Waals surface area (Å²) in [6, 6.07) is -0.845. The Morgan fingerprint density at radius 2 is 1.86 bits per heavy atom. The van der Waals surface area contributed by atoms with Crippen LogP contribution in [-0.4, -0.2) is 30.7 Å². The van der Waals surface area contributed by atoms with Crippen molar-refractivity contribution in [1.29, 1.82) is 0 Å². The van der Waals surface area contributed by atoms with E-state index in [0.29, 0.717) is 13.0 Å². The second-order valence-electron chi connectivity index (χ2n) is 3.04. The Labute approximate surface area is 78.7 Å². The predicted molar refractivity (Wildman–Crippen MR) is 40.6 cm³/mol. The van der Waals surface area contributed by atoms with E-state index in [0.717, 1.165) is 0 Å². The van der Waals surface area contributed by atoms with E-state index in [1.165, 1.54) is 0 Å². The van der Waals surface area contributed by atoms with Gasteiger partial charge in [-0.25, -0.2) is 15.0 Å². The van der Waals surface area contributed by atoms with E-state index in [1.807, 2.05) is 0 Å². The van der Waals surface area contributed by atoms with Crippen LogP contribution in [0.3, 0.4) is 0 Å². The molecule has 0 aromatic carbocycles. The number of hydrogen-bond acceptors (Lipinski definition) is 7. The highest BCUT2D eigenvalue weighted by Crippen LogP contribution is 2.18. The van der Waals surface area contributed by atoms with Crippen LogP contribution in [0.1, 0.15) is 6.42 Å². The minimum absolute atomic E-state index is 0.429. The van der Waals surface area contributed by atoms with E-state index >= 15 is 0 Å². The topological polar surface area (TPSA) is 93.7 Å². The summed E-state index contributed by atoms with van der Waals surface area (Å²) >= 11 is 0. The van der Waals surface area contributed by atoms with Crippen molar-refractivity contribution in [2.24, 2.45) is 5.92 Å². The molecule has 7 nitrogen and oxygen atoms in total. The largest absolute Gasteiger partial charge is 0.524 e. The van der Waals surface area contributed by atoms with Gasteiger partial charge in [-0.1, -0.05) is 0 Å². The predicted octanol–water partition coefficient (Wildman–Crippen LogP) is -1.31. The van der Waals surface area contributed by atoms with Gasteiger partial charge in [0.1, 0.15) is 6.04 Å². The van der Waals surface area contributed by atoms with E-state index in [-0.39, 0.29) is 0 Å². The number of hydrazine groups is 1. The normalized spacial score (nSPS) is 32.7. The lowest BCUT2D eigenvalue weighted by molar-refractivity contribution is -0.144. The minimum atomic E-state index is -1.25. The van der Waals surface area contributed by atoms with Crippen molar-refractivity contribution in [2.45, 2.75) is 12.5 Å². The van der Waals surface area contributed by atoms with Crippen LogP contribution in [0.4, 0.5) is 4.79 Å². The number of ether oxygens (including phenoxy) is 2. The van der Waals surface area contributed by atoms with Crippen LogP contribution in [-0.2, 0) is 19.1 Å². The molecule has 0 amide bonds. The molecule has 0 radical (unpaired) electrons. The van der Waals surface area contributed by atoms with Crippen molar-refractivity contribution in [3.8, 4) is 0 Å². The lowest BCUT2D eigenvalue weighted by atomic mass is 9.95. The second kappa shape index (κ2) is 3.35. The number of rotatable bonds is 0. The van der Waals surface area contributed by atoms with Crippen molar-refractivity contribution in [3.05, 3.63) is 0 Å². The van der Waals surface area contributed by atoms with E-state index in [4.69, 9.17) is 0 Å². The van der Waals surface area contributed by atoms with Gasteiger partial charge in [-0.05, 0) is 6.42 Å². The maximum atomic E-state index is 11.3. The number of hydrogen-bond donors (Lipinski definition) is 2. The van der Waals surface area contributed by atoms with Crippen LogP contribution >= 0.6 is 0 Å². The minimum Gasteiger partial charge on any atom is -0.360 e. The Bertz CT molecular complexity index is 274. The van der Waals surface area contributed by atoms with Crippen molar-refractivity contribution in [3.63, 3.8) is 0 Å². The lowest BCUT2D eigenvalue weighted by Gasteiger charge is -2.26. The molecule has 2 fully saturated rings. The summed E-state index contributed by atoms with van der Waals surface area (Å²) in [7, 11) is 0. The first kappa shape index (κ1) is 9.10. The van der Waals surface area contributed by atoms with Gasteiger partial charge in [-0.2, -0.15) is 0 Å². The summed E-state index contributed by atoms with van der Waals surface area (Å²) in [6.45, 7) is 0.526. The van der Waals surface area contributed by atoms with Gasteiger partial charge in [-0.3, -0.25) is 10.2 Å². The Morgan fingerprint density at radius 3 is 2.64 bits per heavy atom. The summed E-state index contributed by atoms with van der Waals surface area (Å²) in [5.41, 5.74) is 5.29. The van der Waals surface area contributed by atoms with Gasteiger partial charge in [-0.15, -0.1) is 0 Å². The highest BCUT2D eigenvalue weighted by molar-refractivity contribution is 5.97. The maximum absolute atomic E-state index is 11.3. The Kier molecular flexibility index (Phi) is 2.18. The van der Waals surface area contributed by atoms with Gasteiger partial charge < -0.3 is 9.47 Å². The molecule has 0 aliphatic carbocycles. The molecule has 14 heavy (non-hydrogen) atoms. The highest BCUT2D eigenvalue weighted by Gasteiger charge is 2.43. The van der Waals surface area contributed by atoms with Crippen LogP contribution in [0.5, 0.6) is 0 Å². The zero-order valence-corrected chi connectivity index (χ0v) is 7.11. The van der Waals surface area contributed by atoms with Crippen LogP contribution in [0.2, 0.25) is 0 Å². The molecule has 2 rings (SSSR count). The summed E-state index contributed by atoms with van der Waals surface area (Å²) in [6.07, 6.45) is -0.824. The molecule has 0 aromatic heterocycles. The zero-order valence-electron chi connectivity index (χ0n) is 7.11. The standard InChI is InChI=1S/C7H8N2O5/c10-5-3-1-2-8-9-4(3)6(11)14-7(12)13-5/h3-4,8-9H,1-2H2. The Morgan fingerprint density at radius 1 is 1.14 bits per heavy atom. The molecular formula is C7H8N2O5. The summed E-state index contributed by atoms with van der Waals surface area (Å²) < 4.78 is 8.49. The van der Waals surface area contributed by atoms with Crippen LogP contribution in [0, 0.1) is 5.92 Å². The third-order valence-electron chi connectivity index (χ3n) is 2.16. The third-order valence-corrected chi connectivity index (χ3v) is 2.16. The Balaban J connectivity index is 2.24. The van der Waals surface area contributed by atoms with Crippen molar-refractivity contribution < 1.29 is 23.9 Å². The molecule has 2 unspecified atom stereocenters. The van der Waals surface area contributed by atoms with Gasteiger partial charge in [0.25, 0.3) is 0 Å². The monoisotopic (exact) mass is 200 g/mol. The molecule has 2 N–H and O–H groups in total. The number of esters is 2. The fourth-order valence-electron chi connectivity index (χ4n) is 1.48. The molecule has 2 atom stereocenters. The van der Waals surface area contributed by atoms with E-state index in [2.05, 4.69) is 20.3 Å². The first-order valence-corrected chi connectivity index (χ1v) is 4.14. The quantitative estimate of drug-likeness (QED) is 0.370. The molecule has 2 heterocycles. The molecule has 2 aliphatic heterocycles. The smallest absolute Gasteiger partial charge is 0.360 e. The zero-order chi connectivity index (χ0) is 10.1. The van der Waals surface area contributed by atoms with Gasteiger partial charge in [0.15, 0.2) is 0 Å². The van der Waals surface area contributed by atoms with Crippen molar-refractivity contribution in [2.75, 3.05) is 6.54 Å². The molecular weight excluding hydrogens is 192 g/mol. The molecule has 2 aliphatic rings. The number of fused-ring (bicyclic) bond motifs is 1. The fourth-order valence-corrected chi connectivity index (χ4v) is 1.48. The molecule has 0 saturated carbocycles. The average molecular weight is 200 g/mol. The van der Waals surface area contributed by atoms with Crippen molar-refractivity contribution in [1.82, 2.24) is 10.9 Å². The van der Waals surface area contributed by atoms with E-state index in [9.17, 15) is 14.4 Å². The third kappa shape index (κ3) is 1.47. The lowest BCUT2D eigenvalue weighted by Crippen LogP contribution is -2.56. The summed E-state index contributed by atoms with van der Waals surface area (Å²) in [5, 5.41) is 0. The van der Waals surface area contributed by atoms with Gasteiger partial charge in [0.05, 0.1) is 5.92 Å². The van der Waals surface area contributed by atoms with Crippen LogP contribution in [0.15, 0.2) is 0 Å². The first-order valence-electron chi connectivity index (χ1n) is 4.14. The first-order chi connectivity index (χ1) is 6.68. The molecule has 2 saturated heterocycles. The number of nitrogens with one attached hydrogen (secondary N) is 2. The second-order valence-corrected chi connectivity index (χ2v) is 3.04. The molecule has 0 spiro atoms. The van der Waals surface area contributed by atoms with Crippen molar-refractivity contribution >= 4 is 18.1 Å². The van der Waals surface area contributed by atoms with E-state index < -0.39 is 30.1 Å². The van der Waals surface area contributed by atoms with Gasteiger partial charge >= 0.3 is 18.1 Å². The SMILES string of the molecule is O=C1OC(=O)C2CCNNC2C(=O)O1. The molecule has 0 aromatic rings. The number of cyclic esters (lactones) is 4. The fraction of sp³-hybridized carbons (Fsp3) is 0.571. The van der Waals surface area contributed by atoms with Gasteiger partial charge in [0.2, 0.25) is 0 Å².